The van der Waals surface area contributed by atoms with Gasteiger partial charge in [0.1, 0.15) is 0 Å². The smallest absolute Gasteiger partial charge is 0.237 e. The highest BCUT2D eigenvalue weighted by molar-refractivity contribution is 5.81. The van der Waals surface area contributed by atoms with Crippen LogP contribution in [0.3, 0.4) is 0 Å². The summed E-state index contributed by atoms with van der Waals surface area (Å²) in [7, 11) is 0. The lowest BCUT2D eigenvalue weighted by molar-refractivity contribution is -0.123. The molecular weight excluding hydrogens is 216 g/mol. The van der Waals surface area contributed by atoms with Crippen LogP contribution in [0, 0.1) is 0 Å². The minimum Gasteiger partial charge on any atom is -0.396 e. The minimum absolute atomic E-state index is 0.0841. The van der Waals surface area contributed by atoms with Crippen molar-refractivity contribution in [2.24, 2.45) is 0 Å². The zero-order valence-corrected chi connectivity index (χ0v) is 11.5. The van der Waals surface area contributed by atoms with Gasteiger partial charge in [0.25, 0.3) is 0 Å². The first-order chi connectivity index (χ1) is 8.15. The molecule has 0 aliphatic carbocycles. The van der Waals surface area contributed by atoms with Crippen molar-refractivity contribution in [1.29, 1.82) is 0 Å². The summed E-state index contributed by atoms with van der Waals surface area (Å²) in [6, 6.07) is 0.158. The second-order valence-electron chi connectivity index (χ2n) is 4.48. The molecule has 0 saturated carbocycles. The highest BCUT2D eigenvalue weighted by atomic mass is 16.2. The van der Waals surface area contributed by atoms with E-state index in [0.29, 0.717) is 6.04 Å². The van der Waals surface area contributed by atoms with E-state index in [4.69, 9.17) is 5.11 Å². The van der Waals surface area contributed by atoms with E-state index in [-0.39, 0.29) is 18.6 Å². The van der Waals surface area contributed by atoms with Crippen LogP contribution in [0.5, 0.6) is 0 Å². The number of aliphatic hydroxyl groups is 1. The lowest BCUT2D eigenvalue weighted by atomic mass is 10.1. The van der Waals surface area contributed by atoms with Gasteiger partial charge in [-0.1, -0.05) is 13.8 Å². The van der Waals surface area contributed by atoms with E-state index in [9.17, 15) is 4.79 Å². The minimum atomic E-state index is -0.135. The Hall–Kier alpha value is -0.610. The molecule has 0 saturated heterocycles. The third-order valence-corrected chi connectivity index (χ3v) is 3.01. The van der Waals surface area contributed by atoms with Crippen molar-refractivity contribution in [3.63, 3.8) is 0 Å². The topological polar surface area (TPSA) is 61.4 Å². The standard InChI is InChI=1S/C13H28N2O2/c1-4-12(5-2)15-13(17)11(3)14-9-7-6-8-10-16/h11-12,14,16H,4-10H2,1-3H3,(H,15,17). The fourth-order valence-electron chi connectivity index (χ4n) is 1.64. The maximum absolute atomic E-state index is 11.8. The molecule has 0 aromatic rings. The van der Waals surface area contributed by atoms with Gasteiger partial charge in [-0.15, -0.1) is 0 Å². The highest BCUT2D eigenvalue weighted by Crippen LogP contribution is 1.97. The molecule has 1 amide bonds. The molecule has 0 spiro atoms. The van der Waals surface area contributed by atoms with Crippen LogP contribution < -0.4 is 10.6 Å². The summed E-state index contributed by atoms with van der Waals surface area (Å²) in [6.45, 7) is 7.15. The summed E-state index contributed by atoms with van der Waals surface area (Å²) in [6.07, 6.45) is 4.81. The Morgan fingerprint density at radius 2 is 1.82 bits per heavy atom. The van der Waals surface area contributed by atoms with E-state index in [2.05, 4.69) is 24.5 Å². The van der Waals surface area contributed by atoms with Crippen LogP contribution in [0.1, 0.15) is 52.9 Å². The van der Waals surface area contributed by atoms with E-state index in [0.717, 1.165) is 38.6 Å². The van der Waals surface area contributed by atoms with Crippen molar-refractivity contribution in [3.05, 3.63) is 0 Å². The molecule has 102 valence electrons. The average Bonchev–Trinajstić information content (AvgIpc) is 2.35. The maximum Gasteiger partial charge on any atom is 0.237 e. The van der Waals surface area contributed by atoms with Crippen molar-refractivity contribution in [2.45, 2.75) is 65.0 Å². The number of carbonyl (C=O) groups is 1. The number of nitrogens with one attached hydrogen (secondary N) is 2. The quantitative estimate of drug-likeness (QED) is 0.510. The molecule has 0 aliphatic heterocycles. The largest absolute Gasteiger partial charge is 0.396 e. The first-order valence-electron chi connectivity index (χ1n) is 6.80. The van der Waals surface area contributed by atoms with Gasteiger partial charge in [0, 0.05) is 12.6 Å². The summed E-state index contributed by atoms with van der Waals surface area (Å²) < 4.78 is 0. The maximum atomic E-state index is 11.8. The molecule has 4 nitrogen and oxygen atoms in total. The van der Waals surface area contributed by atoms with Crippen molar-refractivity contribution >= 4 is 5.91 Å². The third kappa shape index (κ3) is 8.16. The molecule has 0 rings (SSSR count). The fourth-order valence-corrected chi connectivity index (χ4v) is 1.64. The molecule has 3 N–H and O–H groups in total. The zero-order chi connectivity index (χ0) is 13.1. The summed E-state index contributed by atoms with van der Waals surface area (Å²) in [5.41, 5.74) is 0. The van der Waals surface area contributed by atoms with Gasteiger partial charge in [-0.2, -0.15) is 0 Å². The van der Waals surface area contributed by atoms with Crippen LogP contribution in [-0.2, 0) is 4.79 Å². The van der Waals surface area contributed by atoms with Crippen molar-refractivity contribution < 1.29 is 9.90 Å². The number of hydrogen-bond acceptors (Lipinski definition) is 3. The summed E-state index contributed by atoms with van der Waals surface area (Å²) >= 11 is 0. The predicted molar refractivity (Wildman–Crippen MR) is 70.9 cm³/mol. The van der Waals surface area contributed by atoms with Crippen LogP contribution in [0.25, 0.3) is 0 Å². The van der Waals surface area contributed by atoms with Gasteiger partial charge in [0.05, 0.1) is 6.04 Å². The second kappa shape index (κ2) is 10.5. The average molecular weight is 244 g/mol. The molecule has 17 heavy (non-hydrogen) atoms. The van der Waals surface area contributed by atoms with E-state index >= 15 is 0 Å². The molecule has 0 aromatic heterocycles. The van der Waals surface area contributed by atoms with E-state index < -0.39 is 0 Å². The summed E-state index contributed by atoms with van der Waals surface area (Å²) in [4.78, 5) is 11.8. The summed E-state index contributed by atoms with van der Waals surface area (Å²) in [5, 5.41) is 14.9. The van der Waals surface area contributed by atoms with Crippen LogP contribution >= 0.6 is 0 Å². The van der Waals surface area contributed by atoms with Crippen LogP contribution in [0.2, 0.25) is 0 Å². The lowest BCUT2D eigenvalue weighted by Crippen LogP contribution is -2.46. The Balaban J connectivity index is 3.66. The van der Waals surface area contributed by atoms with Crippen LogP contribution in [0.4, 0.5) is 0 Å². The molecular formula is C13H28N2O2. The molecule has 0 bridgehead atoms. The monoisotopic (exact) mass is 244 g/mol. The molecule has 4 heteroatoms. The van der Waals surface area contributed by atoms with Gasteiger partial charge in [0.15, 0.2) is 0 Å². The van der Waals surface area contributed by atoms with Crippen molar-refractivity contribution in [1.82, 2.24) is 10.6 Å². The van der Waals surface area contributed by atoms with Crippen molar-refractivity contribution in [2.75, 3.05) is 13.2 Å². The second-order valence-corrected chi connectivity index (χ2v) is 4.48. The van der Waals surface area contributed by atoms with Gasteiger partial charge in [0.2, 0.25) is 5.91 Å². The van der Waals surface area contributed by atoms with E-state index in [1.165, 1.54) is 0 Å². The number of carbonyl (C=O) groups excluding carboxylic acids is 1. The highest BCUT2D eigenvalue weighted by Gasteiger charge is 2.14. The molecule has 1 unspecified atom stereocenters. The Morgan fingerprint density at radius 1 is 1.18 bits per heavy atom. The lowest BCUT2D eigenvalue weighted by Gasteiger charge is -2.19. The van der Waals surface area contributed by atoms with Gasteiger partial charge < -0.3 is 15.7 Å². The predicted octanol–water partition coefficient (Wildman–Crippen LogP) is 1.43. The Bertz CT molecular complexity index is 194. The van der Waals surface area contributed by atoms with E-state index in [1.807, 2.05) is 6.92 Å². The number of aliphatic hydroxyl groups excluding tert-OH is 1. The first kappa shape index (κ1) is 16.4. The van der Waals surface area contributed by atoms with Crippen molar-refractivity contribution in [3.8, 4) is 0 Å². The number of hydrogen-bond donors (Lipinski definition) is 3. The fraction of sp³-hybridized carbons (Fsp3) is 0.923. The zero-order valence-electron chi connectivity index (χ0n) is 11.5. The normalized spacial score (nSPS) is 12.8. The number of amides is 1. The van der Waals surface area contributed by atoms with Gasteiger partial charge in [-0.25, -0.2) is 0 Å². The first-order valence-corrected chi connectivity index (χ1v) is 6.80. The Kier molecular flexibility index (Phi) is 10.2. The summed E-state index contributed by atoms with van der Waals surface area (Å²) in [5.74, 6) is 0.0841. The van der Waals surface area contributed by atoms with Crippen LogP contribution in [0.15, 0.2) is 0 Å². The van der Waals surface area contributed by atoms with E-state index in [1.54, 1.807) is 0 Å². The van der Waals surface area contributed by atoms with Gasteiger partial charge in [-0.3, -0.25) is 4.79 Å². The van der Waals surface area contributed by atoms with Gasteiger partial charge >= 0.3 is 0 Å². The molecule has 0 fully saturated rings. The van der Waals surface area contributed by atoms with Gasteiger partial charge in [-0.05, 0) is 45.6 Å². The molecule has 0 aliphatic rings. The molecule has 0 heterocycles. The SMILES string of the molecule is CCC(CC)NC(=O)C(C)NCCCCCO. The molecule has 1 atom stereocenters. The van der Waals surface area contributed by atoms with Crippen LogP contribution in [-0.4, -0.2) is 36.2 Å². The Labute approximate surface area is 105 Å². The number of rotatable bonds is 10. The molecule has 0 aromatic carbocycles. The third-order valence-electron chi connectivity index (χ3n) is 3.01. The Morgan fingerprint density at radius 3 is 2.35 bits per heavy atom. The number of unbranched alkanes of at least 4 members (excludes halogenated alkanes) is 2. The molecule has 0 radical (unpaired) electrons.